The minimum absolute atomic E-state index is 0.184. The Morgan fingerprint density at radius 1 is 1.27 bits per heavy atom. The summed E-state index contributed by atoms with van der Waals surface area (Å²) < 4.78 is 0. The Morgan fingerprint density at radius 3 is 2.73 bits per heavy atom. The summed E-state index contributed by atoms with van der Waals surface area (Å²) in [5.74, 6) is 0. The lowest BCUT2D eigenvalue weighted by molar-refractivity contribution is 1.23. The molecule has 11 heavy (non-hydrogen) atoms. The van der Waals surface area contributed by atoms with Gasteiger partial charge in [0.05, 0.1) is 6.20 Å². The van der Waals surface area contributed by atoms with Gasteiger partial charge < -0.3 is 0 Å². The minimum Gasteiger partial charge on any atom is -0.253 e. The van der Waals surface area contributed by atoms with Gasteiger partial charge in [-0.25, -0.2) is 0 Å². The molecule has 0 N–H and O–H groups in total. The molecule has 55 valence electrons. The largest absolute Gasteiger partial charge is 0.253 e. The summed E-state index contributed by atoms with van der Waals surface area (Å²) in [6, 6.07) is 3.93. The Hall–Kier alpha value is -1.02. The first-order chi connectivity index (χ1) is 5.47. The summed E-state index contributed by atoms with van der Waals surface area (Å²) in [5.41, 5.74) is 0. The molecular weight excluding hydrogens is 154 g/mol. The topological polar surface area (TPSA) is 12.9 Å². The first kappa shape index (κ1) is 6.68. The van der Waals surface area contributed by atoms with Crippen LogP contribution in [0.5, 0.6) is 0 Å². The van der Waals surface area contributed by atoms with Gasteiger partial charge in [0, 0.05) is 11.1 Å². The Bertz CT molecular complexity index is 278. The van der Waals surface area contributed by atoms with Crippen molar-refractivity contribution in [1.29, 1.82) is 0 Å². The Balaban J connectivity index is 2.30. The molecule has 2 heteroatoms. The molecule has 2 heterocycles. The van der Waals surface area contributed by atoms with Crippen LogP contribution in [-0.2, 0) is 0 Å². The van der Waals surface area contributed by atoms with Crippen LogP contribution in [0, 0.1) is 6.20 Å². The molecule has 0 aromatic carbocycles. The predicted octanol–water partition coefficient (Wildman–Crippen LogP) is 2.28. The molecule has 1 aromatic rings. The van der Waals surface area contributed by atoms with Gasteiger partial charge in [0.25, 0.3) is 0 Å². The first-order valence-electron chi connectivity index (χ1n) is 3.42. The average molecular weight is 162 g/mol. The number of aromatic nitrogens is 1. The highest BCUT2D eigenvalue weighted by atomic mass is 32.2. The molecule has 0 fully saturated rings. The molecule has 1 aromatic heterocycles. The maximum absolute atomic E-state index is 3.95. The van der Waals surface area contributed by atoms with Crippen LogP contribution in [0.2, 0.25) is 0 Å². The van der Waals surface area contributed by atoms with Gasteiger partial charge in [0.15, 0.2) is 0 Å². The third-order valence-electron chi connectivity index (χ3n) is 1.50. The molecule has 1 aliphatic heterocycles. The summed E-state index contributed by atoms with van der Waals surface area (Å²) in [4.78, 5) is 5.25. The molecule has 1 aliphatic rings. The van der Waals surface area contributed by atoms with Crippen LogP contribution in [0.4, 0.5) is 0 Å². The van der Waals surface area contributed by atoms with Crippen molar-refractivity contribution in [2.45, 2.75) is 4.90 Å². The van der Waals surface area contributed by atoms with Gasteiger partial charge in [0.1, 0.15) is 0 Å². The Kier molecular flexibility index (Phi) is 1.78. The van der Waals surface area contributed by atoms with Crippen LogP contribution in [0.1, 0.15) is 0 Å². The zero-order valence-electron chi connectivity index (χ0n) is 5.94. The molecule has 0 saturated heterocycles. The number of hydrogen-bond acceptors (Lipinski definition) is 1. The molecule has 0 unspecified atom stereocenters. The van der Waals surface area contributed by atoms with E-state index in [0.29, 0.717) is 0 Å². The second-order valence-corrected chi connectivity index (χ2v) is 4.16. The molecule has 0 saturated carbocycles. The highest BCUT2D eigenvalue weighted by molar-refractivity contribution is 8.22. The third-order valence-corrected chi connectivity index (χ3v) is 3.35. The molecule has 1 nitrogen and oxygen atoms in total. The number of thiol groups is 1. The van der Waals surface area contributed by atoms with Gasteiger partial charge in [-0.05, 0) is 22.9 Å². The average Bonchev–Trinajstić information content (AvgIpc) is 2.58. The monoisotopic (exact) mass is 162 g/mol. The van der Waals surface area contributed by atoms with Crippen molar-refractivity contribution in [3.8, 4) is 0 Å². The second-order valence-electron chi connectivity index (χ2n) is 2.24. The molecule has 0 amide bonds. The van der Waals surface area contributed by atoms with E-state index >= 15 is 0 Å². The molecule has 0 aliphatic carbocycles. The molecule has 0 spiro atoms. The van der Waals surface area contributed by atoms with Gasteiger partial charge in [-0.3, -0.25) is 4.98 Å². The van der Waals surface area contributed by atoms with E-state index in [1.807, 2.05) is 12.3 Å². The first-order valence-corrected chi connectivity index (χ1v) is 4.90. The van der Waals surface area contributed by atoms with Gasteiger partial charge in [-0.1, -0.05) is 12.2 Å². The highest BCUT2D eigenvalue weighted by Crippen LogP contribution is 2.40. The number of allylic oxidation sites excluding steroid dienone is 2. The van der Waals surface area contributed by atoms with Gasteiger partial charge in [0.2, 0.25) is 0 Å². The zero-order chi connectivity index (χ0) is 7.52. The van der Waals surface area contributed by atoms with Crippen molar-refractivity contribution in [2.75, 3.05) is 0 Å². The standard InChI is InChI=1S/C9H8NS/c1-2-7-11(6-1)9-4-3-5-10-8-9/h1-4,6-8,11H. The van der Waals surface area contributed by atoms with Crippen LogP contribution >= 0.6 is 10.9 Å². The molecule has 0 atom stereocenters. The van der Waals surface area contributed by atoms with Gasteiger partial charge >= 0.3 is 0 Å². The van der Waals surface area contributed by atoms with Crippen molar-refractivity contribution in [1.82, 2.24) is 4.98 Å². The molecule has 2 rings (SSSR count). The normalized spacial score (nSPS) is 17.6. The summed E-state index contributed by atoms with van der Waals surface area (Å²) in [7, 11) is -0.184. The van der Waals surface area contributed by atoms with Crippen molar-refractivity contribution in [3.63, 3.8) is 0 Å². The number of hydrogen-bond donors (Lipinski definition) is 1. The van der Waals surface area contributed by atoms with Crippen LogP contribution in [0.3, 0.4) is 0 Å². The lowest BCUT2D eigenvalue weighted by Gasteiger charge is -2.07. The van der Waals surface area contributed by atoms with Crippen LogP contribution in [-0.4, -0.2) is 4.98 Å². The lowest BCUT2D eigenvalue weighted by atomic mass is 10.5. The van der Waals surface area contributed by atoms with E-state index in [1.54, 1.807) is 0 Å². The fraction of sp³-hybridized carbons (Fsp3) is 0. The lowest BCUT2D eigenvalue weighted by Crippen LogP contribution is -1.75. The van der Waals surface area contributed by atoms with E-state index in [-0.39, 0.29) is 10.9 Å². The molecule has 1 radical (unpaired) electrons. The highest BCUT2D eigenvalue weighted by Gasteiger charge is 2.00. The Labute approximate surface area is 68.8 Å². The second kappa shape index (κ2) is 2.93. The van der Waals surface area contributed by atoms with Gasteiger partial charge in [-0.15, -0.1) is 0 Å². The summed E-state index contributed by atoms with van der Waals surface area (Å²) >= 11 is 0. The van der Waals surface area contributed by atoms with E-state index in [0.717, 1.165) is 0 Å². The van der Waals surface area contributed by atoms with E-state index in [4.69, 9.17) is 0 Å². The molecule has 0 bridgehead atoms. The number of nitrogens with zero attached hydrogens (tertiary/aromatic N) is 1. The maximum atomic E-state index is 3.95. The van der Waals surface area contributed by atoms with E-state index in [1.165, 1.54) is 4.90 Å². The fourth-order valence-electron chi connectivity index (χ4n) is 0.972. The summed E-state index contributed by atoms with van der Waals surface area (Å²) in [5, 5.41) is 4.43. The van der Waals surface area contributed by atoms with E-state index in [9.17, 15) is 0 Å². The van der Waals surface area contributed by atoms with Gasteiger partial charge in [-0.2, -0.15) is 10.9 Å². The fourth-order valence-corrected chi connectivity index (χ4v) is 2.42. The third kappa shape index (κ3) is 1.35. The van der Waals surface area contributed by atoms with E-state index in [2.05, 4.69) is 40.2 Å². The smallest absolute Gasteiger partial charge is 0.0886 e. The quantitative estimate of drug-likeness (QED) is 0.625. The number of rotatable bonds is 1. The van der Waals surface area contributed by atoms with E-state index < -0.39 is 0 Å². The maximum Gasteiger partial charge on any atom is 0.0886 e. The van der Waals surface area contributed by atoms with Crippen LogP contribution in [0.25, 0.3) is 0 Å². The van der Waals surface area contributed by atoms with Crippen molar-refractivity contribution in [2.24, 2.45) is 0 Å². The Morgan fingerprint density at radius 2 is 2.09 bits per heavy atom. The predicted molar refractivity (Wildman–Crippen MR) is 48.6 cm³/mol. The van der Waals surface area contributed by atoms with Crippen molar-refractivity contribution in [3.05, 3.63) is 47.5 Å². The number of pyridine rings is 1. The van der Waals surface area contributed by atoms with Crippen LogP contribution in [0.15, 0.2) is 46.2 Å². The zero-order valence-corrected chi connectivity index (χ0v) is 6.83. The minimum atomic E-state index is -0.184. The van der Waals surface area contributed by atoms with Crippen molar-refractivity contribution < 1.29 is 0 Å². The van der Waals surface area contributed by atoms with Crippen LogP contribution < -0.4 is 0 Å². The summed E-state index contributed by atoms with van der Waals surface area (Å²) in [6.45, 7) is 0. The summed E-state index contributed by atoms with van der Waals surface area (Å²) in [6.07, 6.45) is 8.82. The molecular formula is C9H8NS. The van der Waals surface area contributed by atoms with Crippen molar-refractivity contribution >= 4 is 10.9 Å². The SMILES string of the molecule is [c]1ccc([SH]2C=CC=C2)cn1.